The first kappa shape index (κ1) is 32.7. The third-order valence-corrected chi connectivity index (χ3v) is 7.04. The molecule has 2 rings (SSSR count). The lowest BCUT2D eigenvalue weighted by Crippen LogP contribution is -2.37. The molecule has 1 heterocycles. The Morgan fingerprint density at radius 1 is 1.15 bits per heavy atom. The number of aliphatic hydroxyl groups is 1. The molecule has 11 nitrogen and oxygen atoms in total. The van der Waals surface area contributed by atoms with E-state index in [9.17, 15) is 24.3 Å². The SMILES string of the molecule is CNC1=C2C[C@@H](C)C[C@H](OC)[C@H](O)[C@@H](C)/C=C(\C)[C@H](OC(N)=O)[C@H](OC)/C=C\C=C(/C)C(=O)NC(=CC1=O)C2=O. The maximum absolute atomic E-state index is 13.4. The largest absolute Gasteiger partial charge is 0.439 e. The van der Waals surface area contributed by atoms with Crippen molar-refractivity contribution in [1.82, 2.24) is 10.6 Å². The Labute approximate surface area is 235 Å². The highest BCUT2D eigenvalue weighted by Crippen LogP contribution is 2.28. The van der Waals surface area contributed by atoms with Crippen molar-refractivity contribution in [2.24, 2.45) is 17.6 Å². The molecule has 0 fully saturated rings. The molecule has 220 valence electrons. The number of rotatable bonds is 4. The third kappa shape index (κ3) is 8.23. The predicted octanol–water partition coefficient (Wildman–Crippen LogP) is 1.98. The van der Waals surface area contributed by atoms with Crippen LogP contribution >= 0.6 is 0 Å². The van der Waals surface area contributed by atoms with E-state index in [0.717, 1.165) is 6.08 Å². The molecule has 1 aliphatic heterocycles. The third-order valence-electron chi connectivity index (χ3n) is 7.04. The van der Waals surface area contributed by atoms with Crippen molar-refractivity contribution in [2.45, 2.75) is 65.0 Å². The number of amides is 2. The normalized spacial score (nSPS) is 32.7. The number of ketones is 2. The molecule has 0 radical (unpaired) electrons. The molecule has 2 amide bonds. The number of aliphatic hydroxyl groups excluding tert-OH is 1. The Balaban J connectivity index is 2.60. The molecule has 40 heavy (non-hydrogen) atoms. The van der Waals surface area contributed by atoms with Crippen LogP contribution in [0.5, 0.6) is 0 Å². The van der Waals surface area contributed by atoms with Crippen LogP contribution in [-0.4, -0.2) is 74.4 Å². The molecule has 0 spiro atoms. The molecule has 0 saturated heterocycles. The second-order valence-electron chi connectivity index (χ2n) is 10.2. The highest BCUT2D eigenvalue weighted by Gasteiger charge is 2.33. The second-order valence-corrected chi connectivity index (χ2v) is 10.2. The first-order valence-corrected chi connectivity index (χ1v) is 13.1. The lowest BCUT2D eigenvalue weighted by atomic mass is 9.85. The summed E-state index contributed by atoms with van der Waals surface area (Å²) in [5.74, 6) is -2.06. The van der Waals surface area contributed by atoms with Gasteiger partial charge in [-0.1, -0.05) is 38.2 Å². The van der Waals surface area contributed by atoms with Gasteiger partial charge in [0.05, 0.1) is 23.6 Å². The Morgan fingerprint density at radius 3 is 2.40 bits per heavy atom. The minimum absolute atomic E-state index is 0.118. The smallest absolute Gasteiger partial charge is 0.405 e. The number of carbonyl (C=O) groups is 4. The number of methoxy groups -OCH3 is 2. The van der Waals surface area contributed by atoms with Crippen LogP contribution in [0.2, 0.25) is 0 Å². The standard InChI is InChI=1S/C29H41N3O8/c1-15-11-19-24(31-5)21(33)14-20(26(19)35)32-28(36)16(2)9-8-10-22(38-6)27(40-29(30)37)18(4)13-17(3)25(34)23(12-15)39-7/h8-10,13-15,17,22-23,25,27,31,34H,11-12H2,1-7H3,(H2,30,37)(H,32,36)/b10-8-,16-9+,18-13+/t15-,17+,22-,23+,25-,27+/m1/s1. The van der Waals surface area contributed by atoms with E-state index in [0.29, 0.717) is 12.0 Å². The molecule has 0 unspecified atom stereocenters. The highest BCUT2D eigenvalue weighted by atomic mass is 16.6. The van der Waals surface area contributed by atoms with Crippen LogP contribution in [0.4, 0.5) is 4.79 Å². The topological polar surface area (TPSA) is 166 Å². The zero-order chi connectivity index (χ0) is 30.1. The fourth-order valence-corrected chi connectivity index (χ4v) is 4.86. The van der Waals surface area contributed by atoms with E-state index in [1.807, 2.05) is 6.92 Å². The lowest BCUT2D eigenvalue weighted by molar-refractivity contribution is -0.120. The van der Waals surface area contributed by atoms with Crippen LogP contribution in [0.15, 0.2) is 58.5 Å². The summed E-state index contributed by atoms with van der Waals surface area (Å²) in [5, 5.41) is 16.5. The number of primary amides is 1. The second kappa shape index (κ2) is 14.7. The van der Waals surface area contributed by atoms with Crippen LogP contribution in [0.25, 0.3) is 0 Å². The number of ether oxygens (including phenoxy) is 3. The van der Waals surface area contributed by atoms with E-state index in [2.05, 4.69) is 10.6 Å². The van der Waals surface area contributed by atoms with Crippen molar-refractivity contribution in [3.63, 3.8) is 0 Å². The van der Waals surface area contributed by atoms with Gasteiger partial charge in [-0.25, -0.2) is 4.79 Å². The number of hydrogen-bond donors (Lipinski definition) is 4. The van der Waals surface area contributed by atoms with Gasteiger partial charge in [-0.3, -0.25) is 14.4 Å². The van der Waals surface area contributed by atoms with Crippen LogP contribution in [0.3, 0.4) is 0 Å². The number of likely N-dealkylation sites (N-methyl/N-ethyl adjacent to an activating group) is 1. The first-order valence-electron chi connectivity index (χ1n) is 13.1. The van der Waals surface area contributed by atoms with E-state index >= 15 is 0 Å². The average Bonchev–Trinajstić information content (AvgIpc) is 2.90. The number of Topliss-reactive ketones (excluding diaryl/α,β-unsaturated/α-hetero) is 1. The molecule has 0 saturated carbocycles. The summed E-state index contributed by atoms with van der Waals surface area (Å²) in [5.41, 5.74) is 6.47. The fraction of sp³-hybridized carbons (Fsp3) is 0.517. The van der Waals surface area contributed by atoms with Gasteiger partial charge in [0.2, 0.25) is 11.6 Å². The van der Waals surface area contributed by atoms with Crippen molar-refractivity contribution in [3.05, 3.63) is 58.5 Å². The molecule has 0 aromatic carbocycles. The molecular weight excluding hydrogens is 518 g/mol. The van der Waals surface area contributed by atoms with E-state index in [4.69, 9.17) is 19.9 Å². The van der Waals surface area contributed by atoms with Crippen LogP contribution < -0.4 is 16.4 Å². The van der Waals surface area contributed by atoms with Gasteiger partial charge in [-0.05, 0) is 38.2 Å². The quantitative estimate of drug-likeness (QED) is 0.297. The molecular formula is C29H41N3O8. The van der Waals surface area contributed by atoms with Gasteiger partial charge < -0.3 is 35.7 Å². The Kier molecular flexibility index (Phi) is 12.0. The van der Waals surface area contributed by atoms with Gasteiger partial charge in [0.25, 0.3) is 5.91 Å². The highest BCUT2D eigenvalue weighted by molar-refractivity contribution is 6.23. The summed E-state index contributed by atoms with van der Waals surface area (Å²) in [6.45, 7) is 6.98. The molecule has 11 heteroatoms. The zero-order valence-corrected chi connectivity index (χ0v) is 24.1. The van der Waals surface area contributed by atoms with Crippen molar-refractivity contribution < 1.29 is 38.5 Å². The lowest BCUT2D eigenvalue weighted by Gasteiger charge is -2.30. The van der Waals surface area contributed by atoms with Crippen LogP contribution in [0, 0.1) is 11.8 Å². The summed E-state index contributed by atoms with van der Waals surface area (Å²) in [7, 11) is 4.48. The van der Waals surface area contributed by atoms with Gasteiger partial charge in [0.15, 0.2) is 6.10 Å². The van der Waals surface area contributed by atoms with Crippen molar-refractivity contribution in [1.29, 1.82) is 0 Å². The van der Waals surface area contributed by atoms with Gasteiger partial charge >= 0.3 is 6.09 Å². The molecule has 0 aromatic rings. The first-order chi connectivity index (χ1) is 18.8. The number of fused-ring (bicyclic) bond motifs is 2. The summed E-state index contributed by atoms with van der Waals surface area (Å²) in [6.07, 6.45) is 3.86. The molecule has 0 aromatic heterocycles. The van der Waals surface area contributed by atoms with Gasteiger partial charge in [-0.15, -0.1) is 0 Å². The van der Waals surface area contributed by atoms with E-state index in [1.54, 1.807) is 46.0 Å². The summed E-state index contributed by atoms with van der Waals surface area (Å²) >= 11 is 0. The summed E-state index contributed by atoms with van der Waals surface area (Å²) in [6, 6.07) is 0. The zero-order valence-electron chi connectivity index (χ0n) is 24.1. The maximum atomic E-state index is 13.4. The van der Waals surface area contributed by atoms with E-state index in [-0.39, 0.29) is 34.9 Å². The monoisotopic (exact) mass is 559 g/mol. The summed E-state index contributed by atoms with van der Waals surface area (Å²) < 4.78 is 16.5. The number of hydrogen-bond acceptors (Lipinski definition) is 9. The van der Waals surface area contributed by atoms with Crippen molar-refractivity contribution in [2.75, 3.05) is 21.3 Å². The molecule has 5 N–H and O–H groups in total. The minimum atomic E-state index is -0.997. The van der Waals surface area contributed by atoms with Gasteiger partial charge in [0.1, 0.15) is 6.10 Å². The molecule has 2 bridgehead atoms. The number of nitrogens with one attached hydrogen (secondary N) is 2. The Bertz CT molecular complexity index is 1150. The van der Waals surface area contributed by atoms with Gasteiger partial charge in [0, 0.05) is 44.4 Å². The molecule has 6 atom stereocenters. The van der Waals surface area contributed by atoms with Crippen LogP contribution in [0.1, 0.15) is 40.5 Å². The van der Waals surface area contributed by atoms with Gasteiger partial charge in [-0.2, -0.15) is 0 Å². The van der Waals surface area contributed by atoms with E-state index in [1.165, 1.54) is 20.3 Å². The van der Waals surface area contributed by atoms with E-state index < -0.39 is 53.9 Å². The number of carbonyl (C=O) groups excluding carboxylic acids is 4. The van der Waals surface area contributed by atoms with Crippen LogP contribution in [-0.2, 0) is 28.6 Å². The molecule has 2 aliphatic rings. The number of nitrogens with two attached hydrogens (primary N) is 1. The average molecular weight is 560 g/mol. The Hall–Kier alpha value is -3.54. The maximum Gasteiger partial charge on any atom is 0.405 e. The predicted molar refractivity (Wildman–Crippen MR) is 149 cm³/mol. The van der Waals surface area contributed by atoms with Crippen molar-refractivity contribution >= 4 is 23.6 Å². The fourth-order valence-electron chi connectivity index (χ4n) is 4.86. The van der Waals surface area contributed by atoms with Crippen molar-refractivity contribution in [3.8, 4) is 0 Å². The summed E-state index contributed by atoms with van der Waals surface area (Å²) in [4.78, 5) is 50.7. The Morgan fingerprint density at radius 2 is 1.82 bits per heavy atom. The minimum Gasteiger partial charge on any atom is -0.439 e. The number of allylic oxidation sites excluding steroid dienone is 4. The molecule has 1 aliphatic carbocycles.